The van der Waals surface area contributed by atoms with E-state index in [1.54, 1.807) is 6.20 Å². The van der Waals surface area contributed by atoms with Crippen molar-refractivity contribution in [3.05, 3.63) is 45.1 Å². The van der Waals surface area contributed by atoms with Crippen molar-refractivity contribution in [3.8, 4) is 0 Å². The fraction of sp³-hybridized carbons (Fsp3) is 0.357. The summed E-state index contributed by atoms with van der Waals surface area (Å²) in [7, 11) is -1.49. The highest BCUT2D eigenvalue weighted by atomic mass is 79.9. The summed E-state index contributed by atoms with van der Waals surface area (Å²) in [6.07, 6.45) is 4.63. The fourth-order valence-corrected chi connectivity index (χ4v) is 2.03. The molecule has 0 aromatic carbocycles. The summed E-state index contributed by atoms with van der Waals surface area (Å²) in [5.41, 5.74) is 1.39. The maximum atomic E-state index is 8.79. The second kappa shape index (κ2) is 8.15. The van der Waals surface area contributed by atoms with Gasteiger partial charge in [0.2, 0.25) is 0 Å². The lowest BCUT2D eigenvalue weighted by atomic mass is 9.82. The van der Waals surface area contributed by atoms with E-state index >= 15 is 0 Å². The molecule has 2 rings (SSSR count). The lowest BCUT2D eigenvalue weighted by Crippen LogP contribution is -2.32. The van der Waals surface area contributed by atoms with Gasteiger partial charge < -0.3 is 10.0 Å². The first kappa shape index (κ1) is 19.2. The predicted molar refractivity (Wildman–Crippen MR) is 94.9 cm³/mol. The second-order valence-corrected chi connectivity index (χ2v) is 7.39. The average Bonchev–Trinajstić information content (AvgIpc) is 2.43. The summed E-state index contributed by atoms with van der Waals surface area (Å²) in [6.45, 7) is 8.02. The molecule has 0 aliphatic carbocycles. The van der Waals surface area contributed by atoms with Crippen molar-refractivity contribution in [1.82, 2.24) is 15.0 Å². The highest BCUT2D eigenvalue weighted by Crippen LogP contribution is 2.17. The Balaban J connectivity index is 0.000000235. The normalized spacial score (nSPS) is 10.7. The van der Waals surface area contributed by atoms with E-state index in [1.165, 1.54) is 18.0 Å². The van der Waals surface area contributed by atoms with Gasteiger partial charge in [0.25, 0.3) is 0 Å². The molecular formula is C14H18BBr2N3O2. The molecule has 2 aromatic heterocycles. The third-order valence-electron chi connectivity index (χ3n) is 2.65. The molecular weight excluding hydrogens is 413 g/mol. The van der Waals surface area contributed by atoms with Gasteiger partial charge in [-0.2, -0.15) is 0 Å². The average molecular weight is 431 g/mol. The first-order valence-electron chi connectivity index (χ1n) is 6.57. The highest BCUT2D eigenvalue weighted by Gasteiger charge is 2.18. The van der Waals surface area contributed by atoms with Crippen molar-refractivity contribution in [2.75, 3.05) is 0 Å². The van der Waals surface area contributed by atoms with Crippen LogP contribution in [0.5, 0.6) is 0 Å². The van der Waals surface area contributed by atoms with Gasteiger partial charge in [0.05, 0.1) is 0 Å². The van der Waals surface area contributed by atoms with Crippen LogP contribution in [0.2, 0.25) is 0 Å². The zero-order valence-corrected chi connectivity index (χ0v) is 16.1. The third kappa shape index (κ3) is 6.12. The minimum Gasteiger partial charge on any atom is -0.423 e. The molecule has 2 N–H and O–H groups in total. The Hall–Kier alpha value is -0.825. The Morgan fingerprint density at radius 3 is 1.91 bits per heavy atom. The van der Waals surface area contributed by atoms with Crippen LogP contribution in [0.4, 0.5) is 0 Å². The van der Waals surface area contributed by atoms with E-state index in [1.807, 2.05) is 33.8 Å². The molecule has 0 spiro atoms. The van der Waals surface area contributed by atoms with Crippen molar-refractivity contribution in [1.29, 1.82) is 0 Å². The summed E-state index contributed by atoms with van der Waals surface area (Å²) in [5, 5.41) is 17.6. The molecule has 118 valence electrons. The molecule has 2 aromatic rings. The standard InChI is InChI=1S/C8H13BN2O2.C6H5Br2N/c1-8(2,3)7-10-4-6(5-11-7)9(12)13;1-4-2-6(8)9-3-5(4)7/h4-5,12-13H,1-3H3;2-3H,1H3. The number of aryl methyl sites for hydroxylation is 1. The van der Waals surface area contributed by atoms with Crippen molar-refractivity contribution in [2.24, 2.45) is 0 Å². The van der Waals surface area contributed by atoms with E-state index in [4.69, 9.17) is 10.0 Å². The second-order valence-electron chi connectivity index (χ2n) is 5.72. The van der Waals surface area contributed by atoms with Crippen molar-refractivity contribution >= 4 is 44.4 Å². The molecule has 0 amide bonds. The van der Waals surface area contributed by atoms with Crippen LogP contribution < -0.4 is 5.46 Å². The number of pyridine rings is 1. The lowest BCUT2D eigenvalue weighted by Gasteiger charge is -2.15. The molecule has 0 saturated heterocycles. The molecule has 0 aliphatic rings. The number of hydrogen-bond acceptors (Lipinski definition) is 5. The number of nitrogens with zero attached hydrogens (tertiary/aromatic N) is 3. The van der Waals surface area contributed by atoms with Crippen molar-refractivity contribution < 1.29 is 10.0 Å². The van der Waals surface area contributed by atoms with Gasteiger partial charge in [0.15, 0.2) is 0 Å². The Morgan fingerprint density at radius 2 is 1.55 bits per heavy atom. The molecule has 0 radical (unpaired) electrons. The summed E-state index contributed by atoms with van der Waals surface area (Å²) in [5.74, 6) is 0.692. The minimum atomic E-state index is -1.49. The van der Waals surface area contributed by atoms with E-state index < -0.39 is 7.12 Å². The number of rotatable bonds is 1. The number of aromatic nitrogens is 3. The molecule has 5 nitrogen and oxygen atoms in total. The summed E-state index contributed by atoms with van der Waals surface area (Å²) in [4.78, 5) is 12.1. The first-order chi connectivity index (χ1) is 10.1. The van der Waals surface area contributed by atoms with Crippen LogP contribution >= 0.6 is 31.9 Å². The molecule has 2 heterocycles. The zero-order valence-electron chi connectivity index (χ0n) is 12.9. The fourth-order valence-electron chi connectivity index (χ4n) is 1.36. The molecule has 0 bridgehead atoms. The maximum absolute atomic E-state index is 8.79. The Kier molecular flexibility index (Phi) is 7.12. The van der Waals surface area contributed by atoms with Gasteiger partial charge in [0.1, 0.15) is 10.4 Å². The smallest absolute Gasteiger partial charge is 0.423 e. The SMILES string of the molecule is CC(C)(C)c1ncc(B(O)O)cn1.Cc1cc(Br)ncc1Br. The molecule has 8 heteroatoms. The Bertz CT molecular complexity index is 616. The van der Waals surface area contributed by atoms with Gasteiger partial charge in [-0.1, -0.05) is 20.8 Å². The van der Waals surface area contributed by atoms with Crippen LogP contribution in [0.25, 0.3) is 0 Å². The van der Waals surface area contributed by atoms with Crippen LogP contribution in [0.15, 0.2) is 33.7 Å². The van der Waals surface area contributed by atoms with E-state index in [9.17, 15) is 0 Å². The zero-order chi connectivity index (χ0) is 16.9. The van der Waals surface area contributed by atoms with Crippen LogP contribution in [0.1, 0.15) is 32.2 Å². The van der Waals surface area contributed by atoms with E-state index in [0.29, 0.717) is 11.3 Å². The monoisotopic (exact) mass is 429 g/mol. The maximum Gasteiger partial charge on any atom is 0.491 e. The Morgan fingerprint density at radius 1 is 1.00 bits per heavy atom. The third-order valence-corrected chi connectivity index (χ3v) is 3.92. The van der Waals surface area contributed by atoms with Crippen molar-refractivity contribution in [3.63, 3.8) is 0 Å². The van der Waals surface area contributed by atoms with Crippen LogP contribution in [0.3, 0.4) is 0 Å². The molecule has 0 unspecified atom stereocenters. The minimum absolute atomic E-state index is 0.112. The quantitative estimate of drug-likeness (QED) is 0.536. The van der Waals surface area contributed by atoms with Gasteiger partial charge in [0, 0.05) is 33.9 Å². The van der Waals surface area contributed by atoms with Gasteiger partial charge in [-0.3, -0.25) is 0 Å². The van der Waals surface area contributed by atoms with Crippen molar-refractivity contribution in [2.45, 2.75) is 33.1 Å². The predicted octanol–water partition coefficient (Wildman–Crippen LogP) is 2.37. The lowest BCUT2D eigenvalue weighted by molar-refractivity contribution is 0.425. The van der Waals surface area contributed by atoms with Crippen LogP contribution in [-0.2, 0) is 5.41 Å². The van der Waals surface area contributed by atoms with E-state index in [2.05, 4.69) is 46.8 Å². The van der Waals surface area contributed by atoms with E-state index in [-0.39, 0.29) is 5.41 Å². The summed E-state index contributed by atoms with van der Waals surface area (Å²) < 4.78 is 1.92. The van der Waals surface area contributed by atoms with Crippen LogP contribution in [-0.4, -0.2) is 32.1 Å². The van der Waals surface area contributed by atoms with Gasteiger partial charge in [-0.15, -0.1) is 0 Å². The summed E-state index contributed by atoms with van der Waals surface area (Å²) >= 11 is 6.61. The topological polar surface area (TPSA) is 79.1 Å². The molecule has 22 heavy (non-hydrogen) atoms. The van der Waals surface area contributed by atoms with E-state index in [0.717, 1.165) is 9.08 Å². The molecule has 0 aliphatic heterocycles. The molecule has 0 fully saturated rings. The first-order valence-corrected chi connectivity index (χ1v) is 8.16. The van der Waals surface area contributed by atoms with Gasteiger partial charge >= 0.3 is 7.12 Å². The largest absolute Gasteiger partial charge is 0.491 e. The number of halogens is 2. The molecule has 0 atom stereocenters. The Labute approximate surface area is 147 Å². The number of hydrogen-bond donors (Lipinski definition) is 2. The molecule has 0 saturated carbocycles. The van der Waals surface area contributed by atoms with Gasteiger partial charge in [-0.25, -0.2) is 15.0 Å². The van der Waals surface area contributed by atoms with Crippen LogP contribution in [0, 0.1) is 6.92 Å². The summed E-state index contributed by atoms with van der Waals surface area (Å²) in [6, 6.07) is 1.96. The highest BCUT2D eigenvalue weighted by molar-refractivity contribution is 9.11. The van der Waals surface area contributed by atoms with Gasteiger partial charge in [-0.05, 0) is 50.4 Å².